The summed E-state index contributed by atoms with van der Waals surface area (Å²) >= 11 is 1.74. The Morgan fingerprint density at radius 3 is 2.53 bits per heavy atom. The molecule has 1 heterocycles. The Morgan fingerprint density at radius 2 is 2.12 bits per heavy atom. The zero-order chi connectivity index (χ0) is 13.0. The molecule has 4 heteroatoms. The van der Waals surface area contributed by atoms with E-state index in [0.717, 1.165) is 25.3 Å². The number of amides is 1. The van der Waals surface area contributed by atoms with Gasteiger partial charge in [0.2, 0.25) is 5.91 Å². The molecule has 0 aromatic heterocycles. The Bertz CT molecular complexity index is 256. The summed E-state index contributed by atoms with van der Waals surface area (Å²) in [5.74, 6) is 1.87. The molecule has 0 aromatic carbocycles. The fraction of sp³-hybridized carbons (Fsp3) is 0.923. The van der Waals surface area contributed by atoms with Crippen LogP contribution in [0.4, 0.5) is 0 Å². The van der Waals surface area contributed by atoms with Crippen LogP contribution in [0.3, 0.4) is 0 Å². The van der Waals surface area contributed by atoms with Crippen LogP contribution in [0.5, 0.6) is 0 Å². The fourth-order valence-corrected chi connectivity index (χ4v) is 3.33. The second-order valence-corrected chi connectivity index (χ2v) is 6.61. The van der Waals surface area contributed by atoms with Crippen molar-refractivity contribution in [3.8, 4) is 0 Å². The normalized spacial score (nSPS) is 24.1. The lowest BCUT2D eigenvalue weighted by Gasteiger charge is -2.25. The van der Waals surface area contributed by atoms with E-state index in [0.29, 0.717) is 5.92 Å². The van der Waals surface area contributed by atoms with Crippen LogP contribution in [-0.2, 0) is 4.79 Å². The van der Waals surface area contributed by atoms with Crippen LogP contribution >= 0.6 is 11.8 Å². The third-order valence-electron chi connectivity index (χ3n) is 3.41. The first kappa shape index (κ1) is 14.8. The van der Waals surface area contributed by atoms with Crippen molar-refractivity contribution < 1.29 is 9.90 Å². The van der Waals surface area contributed by atoms with Gasteiger partial charge in [0, 0.05) is 19.0 Å². The van der Waals surface area contributed by atoms with Crippen LogP contribution in [0, 0.1) is 11.8 Å². The zero-order valence-electron chi connectivity index (χ0n) is 11.3. The largest absolute Gasteiger partial charge is 0.393 e. The topological polar surface area (TPSA) is 40.5 Å². The van der Waals surface area contributed by atoms with Crippen LogP contribution in [-0.4, -0.2) is 46.1 Å². The summed E-state index contributed by atoms with van der Waals surface area (Å²) in [6, 6.07) is 0. The molecule has 1 N–H and O–H groups in total. The van der Waals surface area contributed by atoms with Crippen LogP contribution < -0.4 is 0 Å². The highest BCUT2D eigenvalue weighted by atomic mass is 32.2. The predicted molar refractivity (Wildman–Crippen MR) is 73.1 cm³/mol. The number of aliphatic hydroxyl groups is 1. The first-order valence-electron chi connectivity index (χ1n) is 6.55. The van der Waals surface area contributed by atoms with Crippen molar-refractivity contribution >= 4 is 17.7 Å². The molecule has 17 heavy (non-hydrogen) atoms. The molecule has 0 saturated carbocycles. The maximum Gasteiger partial charge on any atom is 0.235 e. The van der Waals surface area contributed by atoms with E-state index in [4.69, 9.17) is 0 Å². The second-order valence-electron chi connectivity index (χ2n) is 5.19. The minimum atomic E-state index is -0.302. The summed E-state index contributed by atoms with van der Waals surface area (Å²) in [6.07, 6.45) is 0.634. The smallest absolute Gasteiger partial charge is 0.235 e. The number of likely N-dealkylation sites (tertiary alicyclic amines) is 1. The van der Waals surface area contributed by atoms with Crippen molar-refractivity contribution in [3.05, 3.63) is 0 Å². The molecule has 0 aromatic rings. The van der Waals surface area contributed by atoms with Gasteiger partial charge in [0.25, 0.3) is 0 Å². The number of hydrogen-bond acceptors (Lipinski definition) is 3. The summed E-state index contributed by atoms with van der Waals surface area (Å²) in [7, 11) is 0. The molecule has 0 aliphatic carbocycles. The Balaban J connectivity index is 2.57. The molecule has 3 nitrogen and oxygen atoms in total. The number of thioether (sulfide) groups is 1. The third kappa shape index (κ3) is 3.88. The monoisotopic (exact) mass is 259 g/mol. The molecular formula is C13H25NO2S. The lowest BCUT2D eigenvalue weighted by atomic mass is 10.0. The Labute approximate surface area is 109 Å². The van der Waals surface area contributed by atoms with E-state index in [9.17, 15) is 9.90 Å². The van der Waals surface area contributed by atoms with Gasteiger partial charge in [0.05, 0.1) is 11.4 Å². The number of carbonyl (C=O) groups is 1. The fourth-order valence-electron chi connectivity index (χ4n) is 2.29. The van der Waals surface area contributed by atoms with Crippen LogP contribution in [0.25, 0.3) is 0 Å². The molecule has 1 rings (SSSR count). The van der Waals surface area contributed by atoms with E-state index in [2.05, 4.69) is 20.8 Å². The summed E-state index contributed by atoms with van der Waals surface area (Å²) in [5, 5.41) is 9.64. The van der Waals surface area contributed by atoms with E-state index < -0.39 is 0 Å². The van der Waals surface area contributed by atoms with Crippen molar-refractivity contribution in [2.24, 2.45) is 11.8 Å². The molecule has 1 fully saturated rings. The van der Waals surface area contributed by atoms with Crippen LogP contribution in [0.2, 0.25) is 0 Å². The second kappa shape index (κ2) is 6.64. The lowest BCUT2D eigenvalue weighted by molar-refractivity contribution is -0.130. The van der Waals surface area contributed by atoms with Crippen molar-refractivity contribution in [2.75, 3.05) is 18.8 Å². The quantitative estimate of drug-likeness (QED) is 0.821. The lowest BCUT2D eigenvalue weighted by Crippen LogP contribution is -2.39. The summed E-state index contributed by atoms with van der Waals surface area (Å²) in [6.45, 7) is 9.65. The number of nitrogens with zero attached hydrogens (tertiary/aromatic N) is 1. The molecule has 1 aliphatic rings. The molecule has 100 valence electrons. The van der Waals surface area contributed by atoms with E-state index in [1.165, 1.54) is 0 Å². The average molecular weight is 259 g/mol. The number of carbonyl (C=O) groups excluding carboxylic acids is 1. The van der Waals surface area contributed by atoms with E-state index in [1.54, 1.807) is 11.8 Å². The number of rotatable bonds is 5. The van der Waals surface area contributed by atoms with Gasteiger partial charge in [-0.3, -0.25) is 4.79 Å². The maximum absolute atomic E-state index is 12.4. The van der Waals surface area contributed by atoms with Gasteiger partial charge in [-0.05, 0) is 25.0 Å². The van der Waals surface area contributed by atoms with Crippen molar-refractivity contribution in [3.63, 3.8) is 0 Å². The highest BCUT2D eigenvalue weighted by Crippen LogP contribution is 2.26. The summed E-state index contributed by atoms with van der Waals surface area (Å²) in [5.41, 5.74) is 0. The Hall–Kier alpha value is -0.220. The first-order chi connectivity index (χ1) is 7.97. The molecule has 1 saturated heterocycles. The minimum absolute atomic E-state index is 0.0766. The van der Waals surface area contributed by atoms with Gasteiger partial charge < -0.3 is 10.0 Å². The molecular weight excluding hydrogens is 234 g/mol. The molecule has 3 atom stereocenters. The van der Waals surface area contributed by atoms with Gasteiger partial charge in [0.15, 0.2) is 0 Å². The van der Waals surface area contributed by atoms with E-state index in [1.807, 2.05) is 11.8 Å². The van der Waals surface area contributed by atoms with Gasteiger partial charge in [-0.15, -0.1) is 11.8 Å². The Kier molecular flexibility index (Phi) is 5.80. The highest BCUT2D eigenvalue weighted by molar-refractivity contribution is 8.00. The maximum atomic E-state index is 12.4. The van der Waals surface area contributed by atoms with Gasteiger partial charge in [-0.25, -0.2) is 0 Å². The SMILES string of the molecule is CCSC(C(=O)N1CCC(C(C)O)C1)C(C)C. The third-order valence-corrected chi connectivity index (χ3v) is 4.85. The van der Waals surface area contributed by atoms with Crippen molar-refractivity contribution in [1.29, 1.82) is 0 Å². The first-order valence-corrected chi connectivity index (χ1v) is 7.60. The van der Waals surface area contributed by atoms with Crippen LogP contribution in [0.1, 0.15) is 34.1 Å². The van der Waals surface area contributed by atoms with E-state index in [-0.39, 0.29) is 23.2 Å². The zero-order valence-corrected chi connectivity index (χ0v) is 12.2. The number of aliphatic hydroxyl groups excluding tert-OH is 1. The molecule has 0 bridgehead atoms. The van der Waals surface area contributed by atoms with Gasteiger partial charge in [-0.1, -0.05) is 20.8 Å². The van der Waals surface area contributed by atoms with E-state index >= 15 is 0 Å². The molecule has 0 spiro atoms. The summed E-state index contributed by atoms with van der Waals surface area (Å²) < 4.78 is 0. The van der Waals surface area contributed by atoms with Crippen molar-refractivity contribution in [1.82, 2.24) is 4.90 Å². The van der Waals surface area contributed by atoms with Crippen molar-refractivity contribution in [2.45, 2.75) is 45.5 Å². The number of hydrogen-bond donors (Lipinski definition) is 1. The summed E-state index contributed by atoms with van der Waals surface area (Å²) in [4.78, 5) is 14.3. The highest BCUT2D eigenvalue weighted by Gasteiger charge is 2.33. The molecule has 1 amide bonds. The van der Waals surface area contributed by atoms with Gasteiger partial charge >= 0.3 is 0 Å². The molecule has 3 unspecified atom stereocenters. The van der Waals surface area contributed by atoms with Gasteiger partial charge in [-0.2, -0.15) is 0 Å². The minimum Gasteiger partial charge on any atom is -0.393 e. The molecule has 0 radical (unpaired) electrons. The molecule has 1 aliphatic heterocycles. The van der Waals surface area contributed by atoms with Crippen LogP contribution in [0.15, 0.2) is 0 Å². The predicted octanol–water partition coefficient (Wildman–Crippen LogP) is 1.99. The average Bonchev–Trinajstić information content (AvgIpc) is 2.73. The standard InChI is InChI=1S/C13H25NO2S/c1-5-17-12(9(2)3)13(16)14-7-6-11(8-14)10(4)15/h9-12,15H,5-8H2,1-4H3. The Morgan fingerprint density at radius 1 is 1.47 bits per heavy atom. The van der Waals surface area contributed by atoms with Gasteiger partial charge in [0.1, 0.15) is 0 Å².